The lowest BCUT2D eigenvalue weighted by atomic mass is 10.2. The van der Waals surface area contributed by atoms with Crippen LogP contribution in [0.4, 0.5) is 5.69 Å². The number of hydrogen-bond donors (Lipinski definition) is 2. The summed E-state index contributed by atoms with van der Waals surface area (Å²) >= 11 is 5.88. The molecular weight excluding hydrogens is 338 g/mol. The fourth-order valence-electron chi connectivity index (χ4n) is 2.29. The summed E-state index contributed by atoms with van der Waals surface area (Å²) in [6.45, 7) is 0.438. The highest BCUT2D eigenvalue weighted by Gasteiger charge is 2.12. The summed E-state index contributed by atoms with van der Waals surface area (Å²) in [5.41, 5.74) is 1.74. The molecule has 4 nitrogen and oxygen atoms in total. The molecule has 1 amide bonds. The zero-order valence-corrected chi connectivity index (χ0v) is 14.0. The lowest BCUT2D eigenvalue weighted by Gasteiger charge is -2.10. The first-order valence-corrected chi connectivity index (χ1v) is 8.06. The van der Waals surface area contributed by atoms with Gasteiger partial charge in [-0.05, 0) is 35.9 Å². The molecule has 0 aliphatic rings. The van der Waals surface area contributed by atoms with Crippen LogP contribution in [0.2, 0.25) is 5.02 Å². The van der Waals surface area contributed by atoms with E-state index in [1.165, 1.54) is 18.2 Å². The van der Waals surface area contributed by atoms with Crippen molar-refractivity contribution in [1.82, 2.24) is 0 Å². The van der Waals surface area contributed by atoms with E-state index < -0.39 is 5.91 Å². The number of nitrogens with one attached hydrogen (secondary N) is 1. The minimum absolute atomic E-state index is 0.114. The predicted molar refractivity (Wildman–Crippen MR) is 98.3 cm³/mol. The van der Waals surface area contributed by atoms with Crippen molar-refractivity contribution in [3.63, 3.8) is 0 Å². The zero-order valence-electron chi connectivity index (χ0n) is 13.3. The number of aromatic hydroxyl groups is 1. The number of phenols is 1. The van der Waals surface area contributed by atoms with Crippen molar-refractivity contribution in [3.05, 3.63) is 88.9 Å². The van der Waals surface area contributed by atoms with Crippen molar-refractivity contribution in [2.45, 2.75) is 6.61 Å². The standard InChI is InChI=1S/C20H16ClNO3/c21-15-9-10-19(23)18(11-15)20(24)22-16-7-4-8-17(12-16)25-13-14-5-2-1-3-6-14/h1-12,23H,13H2,(H,22,24). The molecule has 0 saturated heterocycles. The Balaban J connectivity index is 1.69. The Labute approximate surface area is 150 Å². The highest BCUT2D eigenvalue weighted by Crippen LogP contribution is 2.24. The summed E-state index contributed by atoms with van der Waals surface area (Å²) in [6.07, 6.45) is 0. The quantitative estimate of drug-likeness (QED) is 0.687. The minimum Gasteiger partial charge on any atom is -0.507 e. The van der Waals surface area contributed by atoms with E-state index >= 15 is 0 Å². The first-order valence-electron chi connectivity index (χ1n) is 7.68. The van der Waals surface area contributed by atoms with Gasteiger partial charge in [0.05, 0.1) is 5.56 Å². The summed E-state index contributed by atoms with van der Waals surface area (Å²) in [5, 5.41) is 12.9. The molecule has 0 radical (unpaired) electrons. The largest absolute Gasteiger partial charge is 0.507 e. The maximum absolute atomic E-state index is 12.3. The maximum Gasteiger partial charge on any atom is 0.259 e. The molecule has 5 heteroatoms. The summed E-state index contributed by atoms with van der Waals surface area (Å²) < 4.78 is 5.74. The van der Waals surface area contributed by atoms with Gasteiger partial charge in [0.15, 0.2) is 0 Å². The Kier molecular flexibility index (Phi) is 5.21. The summed E-state index contributed by atoms with van der Waals surface area (Å²) in [4.78, 5) is 12.3. The van der Waals surface area contributed by atoms with Gasteiger partial charge in [-0.25, -0.2) is 0 Å². The third-order valence-electron chi connectivity index (χ3n) is 3.54. The predicted octanol–water partition coefficient (Wildman–Crippen LogP) is 4.88. The molecule has 0 saturated carbocycles. The van der Waals surface area contributed by atoms with E-state index in [9.17, 15) is 9.90 Å². The normalized spacial score (nSPS) is 10.3. The smallest absolute Gasteiger partial charge is 0.259 e. The van der Waals surface area contributed by atoms with Crippen molar-refractivity contribution >= 4 is 23.2 Å². The molecule has 0 aromatic heterocycles. The Morgan fingerprint density at radius 2 is 1.80 bits per heavy atom. The number of hydrogen-bond acceptors (Lipinski definition) is 3. The number of amides is 1. The molecule has 0 aliphatic heterocycles. The number of phenolic OH excluding ortho intramolecular Hbond substituents is 1. The van der Waals surface area contributed by atoms with E-state index in [1.807, 2.05) is 36.4 Å². The van der Waals surface area contributed by atoms with Crippen LogP contribution >= 0.6 is 11.6 Å². The second kappa shape index (κ2) is 7.73. The first kappa shape index (κ1) is 16.9. The van der Waals surface area contributed by atoms with E-state index in [4.69, 9.17) is 16.3 Å². The highest BCUT2D eigenvalue weighted by molar-refractivity contribution is 6.31. The Morgan fingerprint density at radius 3 is 2.60 bits per heavy atom. The van der Waals surface area contributed by atoms with Gasteiger partial charge in [0.25, 0.3) is 5.91 Å². The van der Waals surface area contributed by atoms with E-state index in [0.29, 0.717) is 23.1 Å². The molecule has 3 aromatic carbocycles. The van der Waals surface area contributed by atoms with Crippen LogP contribution in [-0.4, -0.2) is 11.0 Å². The van der Waals surface area contributed by atoms with Crippen LogP contribution < -0.4 is 10.1 Å². The molecule has 0 atom stereocenters. The molecular formula is C20H16ClNO3. The topological polar surface area (TPSA) is 58.6 Å². The van der Waals surface area contributed by atoms with Crippen molar-refractivity contribution < 1.29 is 14.6 Å². The molecule has 2 N–H and O–H groups in total. The van der Waals surface area contributed by atoms with Gasteiger partial charge in [-0.2, -0.15) is 0 Å². The van der Waals surface area contributed by atoms with Crippen LogP contribution in [0.3, 0.4) is 0 Å². The summed E-state index contributed by atoms with van der Waals surface area (Å²) in [6, 6.07) is 21.2. The molecule has 0 unspecified atom stereocenters. The Bertz CT molecular complexity index is 881. The highest BCUT2D eigenvalue weighted by atomic mass is 35.5. The molecule has 0 aliphatic carbocycles. The van der Waals surface area contributed by atoms with Gasteiger partial charge in [-0.1, -0.05) is 48.0 Å². The number of carbonyl (C=O) groups is 1. The van der Waals surface area contributed by atoms with Gasteiger partial charge in [0.2, 0.25) is 0 Å². The third kappa shape index (κ3) is 4.52. The van der Waals surface area contributed by atoms with Crippen molar-refractivity contribution in [3.8, 4) is 11.5 Å². The average Bonchev–Trinajstić information content (AvgIpc) is 2.63. The number of benzene rings is 3. The minimum atomic E-state index is -0.444. The first-order chi connectivity index (χ1) is 12.1. The fraction of sp³-hybridized carbons (Fsp3) is 0.0500. The van der Waals surface area contributed by atoms with E-state index in [2.05, 4.69) is 5.32 Å². The Hall–Kier alpha value is -2.98. The van der Waals surface area contributed by atoms with Gasteiger partial charge >= 0.3 is 0 Å². The molecule has 3 rings (SSSR count). The summed E-state index contributed by atoms with van der Waals surface area (Å²) in [5.74, 6) is 0.0653. The molecule has 0 heterocycles. The average molecular weight is 354 g/mol. The lowest BCUT2D eigenvalue weighted by molar-refractivity contribution is 0.102. The van der Waals surface area contributed by atoms with Crippen LogP contribution in [0.1, 0.15) is 15.9 Å². The molecule has 25 heavy (non-hydrogen) atoms. The second-order valence-electron chi connectivity index (χ2n) is 5.42. The molecule has 3 aromatic rings. The van der Waals surface area contributed by atoms with Gasteiger partial charge in [-0.15, -0.1) is 0 Å². The number of rotatable bonds is 5. The fourth-order valence-corrected chi connectivity index (χ4v) is 2.47. The van der Waals surface area contributed by atoms with Gasteiger partial charge in [0, 0.05) is 16.8 Å². The monoisotopic (exact) mass is 353 g/mol. The van der Waals surface area contributed by atoms with Crippen LogP contribution in [0.5, 0.6) is 11.5 Å². The molecule has 0 bridgehead atoms. The van der Waals surface area contributed by atoms with Gasteiger partial charge in [0.1, 0.15) is 18.1 Å². The van der Waals surface area contributed by atoms with E-state index in [1.54, 1.807) is 18.2 Å². The van der Waals surface area contributed by atoms with Crippen molar-refractivity contribution in [2.75, 3.05) is 5.32 Å². The number of halogens is 1. The van der Waals surface area contributed by atoms with Crippen LogP contribution in [0, 0.1) is 0 Å². The molecule has 126 valence electrons. The second-order valence-corrected chi connectivity index (χ2v) is 5.85. The van der Waals surface area contributed by atoms with E-state index in [0.717, 1.165) is 5.56 Å². The van der Waals surface area contributed by atoms with E-state index in [-0.39, 0.29) is 11.3 Å². The zero-order chi connectivity index (χ0) is 17.6. The maximum atomic E-state index is 12.3. The third-order valence-corrected chi connectivity index (χ3v) is 3.78. The lowest BCUT2D eigenvalue weighted by Crippen LogP contribution is -2.12. The number of anilines is 1. The van der Waals surface area contributed by atoms with Crippen LogP contribution in [0.15, 0.2) is 72.8 Å². The molecule has 0 spiro atoms. The SMILES string of the molecule is O=C(Nc1cccc(OCc2ccccc2)c1)c1cc(Cl)ccc1O. The van der Waals surface area contributed by atoms with Crippen LogP contribution in [0.25, 0.3) is 0 Å². The Morgan fingerprint density at radius 1 is 1.00 bits per heavy atom. The van der Waals surface area contributed by atoms with Crippen LogP contribution in [-0.2, 0) is 6.61 Å². The van der Waals surface area contributed by atoms with Crippen molar-refractivity contribution in [1.29, 1.82) is 0 Å². The van der Waals surface area contributed by atoms with Gasteiger partial charge in [-0.3, -0.25) is 4.79 Å². The number of carbonyl (C=O) groups excluding carboxylic acids is 1. The van der Waals surface area contributed by atoms with Gasteiger partial charge < -0.3 is 15.2 Å². The van der Waals surface area contributed by atoms with Crippen molar-refractivity contribution in [2.24, 2.45) is 0 Å². The molecule has 0 fully saturated rings. The number of ether oxygens (including phenoxy) is 1. The summed E-state index contributed by atoms with van der Waals surface area (Å²) in [7, 11) is 0.